The minimum absolute atomic E-state index is 0. The fourth-order valence-corrected chi connectivity index (χ4v) is 9.25. The molecule has 2 amide bonds. The summed E-state index contributed by atoms with van der Waals surface area (Å²) in [4.78, 5) is 150. The predicted octanol–water partition coefficient (Wildman–Crippen LogP) is -5.43. The number of carbonyl (C=O) groups excluding carboxylic acids is 3. The summed E-state index contributed by atoms with van der Waals surface area (Å²) in [5.74, 6) is -0.0457. The monoisotopic (exact) mass is 1510 g/mol. The maximum atomic E-state index is 12.4. The van der Waals surface area contributed by atoms with Gasteiger partial charge in [0.25, 0.3) is 22.2 Å². The van der Waals surface area contributed by atoms with E-state index in [1.165, 1.54) is 81.1 Å². The van der Waals surface area contributed by atoms with Crippen LogP contribution in [0.2, 0.25) is 0 Å². The van der Waals surface area contributed by atoms with E-state index in [0.717, 1.165) is 24.6 Å². The number of carbonyl (C=O) groups is 3. The van der Waals surface area contributed by atoms with Crippen molar-refractivity contribution in [1.29, 1.82) is 0 Å². The SMILES string of the molecule is C.C.CC(=O)CCCCn1c(=O)c2c(ncn2C)n(C)c1=O.CN(CO)C(=O)CCCCBr.CN(CO)C(=O)CCCCn1c(=O)c2c(ncn2C)n(C)c1=O.C[C@H](O)CCCCn1c(=O)c2c(ncn2C)n(C)c1=O.Cn1cnc2c1c(=O)[nH]c(=O)n2C.[2H][C-]([2H])[2H].[H-].[I-].[Mg+2].[Na+]. The number of halogens is 2. The van der Waals surface area contributed by atoms with Crippen molar-refractivity contribution >= 4 is 101 Å². The van der Waals surface area contributed by atoms with Gasteiger partial charge in [-0.05, 0) is 71.6 Å². The Hall–Kier alpha value is -5.93. The molecule has 4 N–H and O–H groups in total. The molecule has 0 aliphatic rings. The minimum Gasteiger partial charge on any atom is -1.00 e. The van der Waals surface area contributed by atoms with Crippen LogP contribution in [0.1, 0.15) is 111 Å². The molecule has 0 fully saturated rings. The fraction of sp³-hybridized carbons (Fsp3) is 0.579. The maximum Gasteiger partial charge on any atom is 2.00 e. The summed E-state index contributed by atoms with van der Waals surface area (Å²) in [7, 11) is 15.5. The average Bonchev–Trinajstić information content (AvgIpc) is 1.73. The van der Waals surface area contributed by atoms with Gasteiger partial charge in [-0.2, -0.15) is 0 Å². The number of H-pyrrole nitrogens is 1. The van der Waals surface area contributed by atoms with Crippen LogP contribution in [-0.4, -0.2) is 180 Å². The van der Waals surface area contributed by atoms with Crippen LogP contribution in [0, 0.1) is 7.35 Å². The molecule has 0 spiro atoms. The Labute approximate surface area is 607 Å². The Morgan fingerprint density at radius 3 is 1.18 bits per heavy atom. The number of aliphatic hydroxyl groups excluding tert-OH is 3. The summed E-state index contributed by atoms with van der Waals surface area (Å²) in [6.45, 7) is 3.67. The number of amides is 2. The molecule has 0 aliphatic heterocycles. The Balaban J connectivity index is -0.000000551. The van der Waals surface area contributed by atoms with Crippen molar-refractivity contribution in [2.45, 2.75) is 131 Å². The second kappa shape index (κ2) is 43.2. The van der Waals surface area contributed by atoms with E-state index in [0.29, 0.717) is 109 Å². The Morgan fingerprint density at radius 2 is 0.871 bits per heavy atom. The first-order valence-corrected chi connectivity index (χ1v) is 29.1. The van der Waals surface area contributed by atoms with Crippen LogP contribution in [-0.2, 0) is 90.4 Å². The van der Waals surface area contributed by atoms with E-state index in [2.05, 4.69) is 40.8 Å². The molecule has 8 rings (SSSR count). The van der Waals surface area contributed by atoms with Crippen LogP contribution in [0.25, 0.3) is 44.7 Å². The Bertz CT molecular complexity index is 4280. The average molecular weight is 1510 g/mol. The van der Waals surface area contributed by atoms with Crippen molar-refractivity contribution in [2.24, 2.45) is 56.4 Å². The van der Waals surface area contributed by atoms with Crippen LogP contribution in [0.3, 0.4) is 0 Å². The van der Waals surface area contributed by atoms with E-state index in [1.54, 1.807) is 88.6 Å². The van der Waals surface area contributed by atoms with Gasteiger partial charge in [0.05, 0.1) is 31.4 Å². The van der Waals surface area contributed by atoms with Gasteiger partial charge in [-0.3, -0.25) is 65.7 Å². The van der Waals surface area contributed by atoms with E-state index < -0.39 is 24.3 Å². The number of hydrogen-bond acceptors (Lipinski definition) is 18. The molecular formula is C57H93BrIMgN18NaO14. The molecule has 8 heterocycles. The van der Waals surface area contributed by atoms with Crippen molar-refractivity contribution in [1.82, 2.24) is 85.0 Å². The van der Waals surface area contributed by atoms with Crippen molar-refractivity contribution in [3.05, 3.63) is 116 Å². The van der Waals surface area contributed by atoms with Crippen LogP contribution in [0.4, 0.5) is 0 Å². The number of aromatic amines is 1. The van der Waals surface area contributed by atoms with E-state index in [4.69, 9.17) is 14.3 Å². The van der Waals surface area contributed by atoms with Gasteiger partial charge >= 0.3 is 75.4 Å². The summed E-state index contributed by atoms with van der Waals surface area (Å²) in [5.41, 5.74) is 0.191. The van der Waals surface area contributed by atoms with Crippen LogP contribution in [0.15, 0.2) is 63.7 Å². The van der Waals surface area contributed by atoms with Crippen molar-refractivity contribution in [2.75, 3.05) is 32.9 Å². The van der Waals surface area contributed by atoms with Crippen LogP contribution in [0.5, 0.6) is 0 Å². The van der Waals surface area contributed by atoms with Gasteiger partial charge in [0.2, 0.25) is 11.8 Å². The topological polar surface area (TPSA) is 377 Å². The number of nitrogens with zero attached hydrogens (tertiary/aromatic N) is 17. The molecule has 0 saturated heterocycles. The molecule has 0 aliphatic carbocycles. The molecule has 512 valence electrons. The van der Waals surface area contributed by atoms with E-state index in [9.17, 15) is 57.8 Å². The van der Waals surface area contributed by atoms with Crippen molar-refractivity contribution < 1.29 is 88.8 Å². The van der Waals surface area contributed by atoms with E-state index in [-0.39, 0.29) is 171 Å². The molecule has 0 saturated carbocycles. The number of aliphatic hydroxyl groups is 3. The smallest absolute Gasteiger partial charge is 1.00 e. The molecule has 0 radical (unpaired) electrons. The first kappa shape index (κ1) is 85.1. The molecule has 0 unspecified atom stereocenters. The first-order valence-electron chi connectivity index (χ1n) is 29.4. The number of unbranched alkanes of at least 4 members (excludes halogenated alkanes) is 4. The number of imidazole rings is 4. The van der Waals surface area contributed by atoms with E-state index in [1.807, 2.05) is 0 Å². The quantitative estimate of drug-likeness (QED) is 0.0130. The number of aryl methyl sites for hydroxylation is 8. The van der Waals surface area contributed by atoms with Gasteiger partial charge in [0.1, 0.15) is 19.2 Å². The largest absolute Gasteiger partial charge is 2.00 e. The Kier molecular flexibility index (Phi) is 39.5. The predicted molar refractivity (Wildman–Crippen MR) is 355 cm³/mol. The number of alkyl halides is 1. The zero-order chi connectivity index (χ0) is 68.7. The van der Waals surface area contributed by atoms with E-state index >= 15 is 0 Å². The van der Waals surface area contributed by atoms with Gasteiger partial charge in [-0.25, -0.2) is 43.2 Å². The molecule has 93 heavy (non-hydrogen) atoms. The molecule has 0 aromatic carbocycles. The molecular weight excluding hydrogens is 1410 g/mol. The summed E-state index contributed by atoms with van der Waals surface area (Å²) < 4.78 is 33.0. The van der Waals surface area contributed by atoms with Crippen molar-refractivity contribution in [3.8, 4) is 0 Å². The third-order valence-electron chi connectivity index (χ3n) is 14.1. The number of rotatable bonds is 21. The maximum absolute atomic E-state index is 12.4. The first-order chi connectivity index (χ1) is 42.8. The van der Waals surface area contributed by atoms with Crippen molar-refractivity contribution in [3.63, 3.8) is 0 Å². The fourth-order valence-electron chi connectivity index (χ4n) is 8.85. The number of aromatic nitrogens is 16. The second-order valence-corrected chi connectivity index (χ2v) is 21.7. The molecule has 1 atom stereocenters. The third kappa shape index (κ3) is 23.7. The number of ketones is 1. The second-order valence-electron chi connectivity index (χ2n) is 20.9. The van der Waals surface area contributed by atoms with Gasteiger partial charge in [0, 0.05) is 115 Å². The van der Waals surface area contributed by atoms with Crippen LogP contribution < -0.4 is 98.5 Å². The number of Topliss-reactive ketones (excluding diaryl/α,β-unsaturated/α-hetero) is 1. The molecule has 32 nitrogen and oxygen atoms in total. The normalized spacial score (nSPS) is 11.0. The molecule has 8 aromatic heterocycles. The summed E-state index contributed by atoms with van der Waals surface area (Å²) in [5, 5.41) is 27.6. The summed E-state index contributed by atoms with van der Waals surface area (Å²) in [6.07, 6.45) is 13.3. The third-order valence-corrected chi connectivity index (χ3v) is 14.6. The molecule has 36 heteroatoms. The number of fused-ring (bicyclic) bond motifs is 4. The van der Waals surface area contributed by atoms with Gasteiger partial charge in [0.15, 0.2) is 44.7 Å². The zero-order valence-corrected chi connectivity index (χ0v) is 61.2. The van der Waals surface area contributed by atoms with Gasteiger partial charge in [-0.1, -0.05) is 30.8 Å². The summed E-state index contributed by atoms with van der Waals surface area (Å²) >= 11 is 3.28. The van der Waals surface area contributed by atoms with Gasteiger partial charge < -0.3 is 80.9 Å². The Morgan fingerprint density at radius 1 is 0.570 bits per heavy atom. The van der Waals surface area contributed by atoms with Crippen LogP contribution >= 0.6 is 15.9 Å². The minimum atomic E-state index is -0.833. The number of nitrogens with one attached hydrogen (secondary N) is 1. The summed E-state index contributed by atoms with van der Waals surface area (Å²) in [6, 6.07) is 0. The number of hydrogen-bond donors (Lipinski definition) is 4. The zero-order valence-electron chi connectivity index (χ0n) is 58.0. The standard InChI is InChI=1S/C14H21N5O4.C13H20N4O3.C13H18N4O3.C7H14BrNO2.C7H8N4O2.2CH4.CH3.HI.Mg.Na.H/c1-16-8-15-12-11(16)13(22)19(14(23)18(12)3)7-5-4-6-10(21)17(2)9-20;2*1-9(18)6-4-5-7-17-12(19)10-11(14-8-15(10)2)16(3)13(17)20;1-9(6-10)7(11)4-2-3-5-8;1-10-3-8-5-4(10)6(12)9-7(13)11(5)2;;;;;;;/h8,20H,4-7,9H2,1-3H3;8-9,18H,4-7H2,1-3H3;8H,4-7H2,1-3H3;10H,2-6H2,1H3;3H,1-2H3,(H,9,12,13);2*1H4;1H3;1H;;;/q;;;;;;;-1;;+2;+1;-1/p-1/t;9-;;;;;;;;;;/m.0........../s1/i;;;;;;;1D3;;;;. The molecule has 0 bridgehead atoms. The molecule has 8 aromatic rings. The van der Waals surface area contributed by atoms with Gasteiger partial charge in [-0.15, -0.1) is 0 Å².